The highest BCUT2D eigenvalue weighted by Gasteiger charge is 2.11. The van der Waals surface area contributed by atoms with Crippen molar-refractivity contribution in [2.45, 2.75) is 13.0 Å². The molecule has 0 aliphatic rings. The molecule has 0 radical (unpaired) electrons. The number of ether oxygens (including phenoxy) is 2. The smallest absolute Gasteiger partial charge is 0.0925 e. The third-order valence-electron chi connectivity index (χ3n) is 2.28. The number of benzene rings is 1. The molecule has 1 aromatic rings. The minimum atomic E-state index is 0.112. The second kappa shape index (κ2) is 6.99. The summed E-state index contributed by atoms with van der Waals surface area (Å²) < 4.78 is 10.7. The maximum atomic E-state index is 5.73. The van der Waals surface area contributed by atoms with Gasteiger partial charge in [0, 0.05) is 12.4 Å². The Bertz CT molecular complexity index is 289. The Balaban J connectivity index is 2.61. The summed E-state index contributed by atoms with van der Waals surface area (Å²) in [5.74, 6) is 0. The Kier molecular flexibility index (Phi) is 5.91. The lowest BCUT2D eigenvalue weighted by Crippen LogP contribution is -2.11. The molecule has 0 aromatic heterocycles. The minimum Gasteiger partial charge on any atom is -0.382 e. The van der Waals surface area contributed by atoms with Crippen molar-refractivity contribution in [3.05, 3.63) is 35.4 Å². The fraction of sp³-hybridized carbons (Fsp3) is 0.500. The van der Waals surface area contributed by atoms with Gasteiger partial charge >= 0.3 is 0 Å². The molecule has 0 N–H and O–H groups in total. The lowest BCUT2D eigenvalue weighted by Gasteiger charge is -2.17. The van der Waals surface area contributed by atoms with E-state index in [1.807, 2.05) is 12.1 Å². The Morgan fingerprint density at radius 2 is 2.00 bits per heavy atom. The number of hydrogen-bond donors (Lipinski definition) is 0. The van der Waals surface area contributed by atoms with E-state index in [1.54, 1.807) is 7.11 Å². The van der Waals surface area contributed by atoms with Crippen LogP contribution in [-0.4, -0.2) is 25.7 Å². The summed E-state index contributed by atoms with van der Waals surface area (Å²) in [6.07, 6.45) is 0.112. The van der Waals surface area contributed by atoms with Crippen LogP contribution in [0.5, 0.6) is 0 Å². The first kappa shape index (κ1) is 12.7. The van der Waals surface area contributed by atoms with E-state index >= 15 is 0 Å². The number of aryl methyl sites for hydroxylation is 1. The summed E-state index contributed by atoms with van der Waals surface area (Å²) in [5.41, 5.74) is 2.50. The van der Waals surface area contributed by atoms with Crippen LogP contribution in [0.2, 0.25) is 0 Å². The van der Waals surface area contributed by atoms with Crippen LogP contribution in [-0.2, 0) is 9.47 Å². The van der Waals surface area contributed by atoms with Crippen molar-refractivity contribution in [2.24, 2.45) is 0 Å². The predicted molar refractivity (Wildman–Crippen MR) is 65.5 cm³/mol. The fourth-order valence-electron chi connectivity index (χ4n) is 1.44. The van der Waals surface area contributed by atoms with Crippen molar-refractivity contribution in [1.82, 2.24) is 0 Å². The van der Waals surface area contributed by atoms with Gasteiger partial charge in [-0.05, 0) is 18.1 Å². The fourth-order valence-corrected chi connectivity index (χ4v) is 1.97. The lowest BCUT2D eigenvalue weighted by molar-refractivity contribution is 0.0282. The first-order valence-electron chi connectivity index (χ1n) is 5.01. The molecule has 0 aliphatic carbocycles. The number of methoxy groups -OCH3 is 1. The lowest BCUT2D eigenvalue weighted by atomic mass is 10.0. The number of alkyl halides is 1. The van der Waals surface area contributed by atoms with Gasteiger partial charge in [0.2, 0.25) is 0 Å². The normalized spacial score (nSPS) is 12.7. The largest absolute Gasteiger partial charge is 0.382 e. The molecule has 1 rings (SSSR count). The Morgan fingerprint density at radius 1 is 1.27 bits per heavy atom. The summed E-state index contributed by atoms with van der Waals surface area (Å²) in [4.78, 5) is 0. The van der Waals surface area contributed by atoms with E-state index in [1.165, 1.54) is 11.1 Å². The zero-order chi connectivity index (χ0) is 11.1. The Morgan fingerprint density at radius 3 is 2.60 bits per heavy atom. The van der Waals surface area contributed by atoms with Gasteiger partial charge in [0.05, 0.1) is 19.3 Å². The number of rotatable bonds is 6. The molecule has 0 saturated heterocycles. The average molecular weight is 273 g/mol. The van der Waals surface area contributed by atoms with E-state index in [9.17, 15) is 0 Å². The topological polar surface area (TPSA) is 18.5 Å². The standard InChI is InChI=1S/C12H17BrO2/c1-10-5-3-4-6-11(10)12(9-13)15-8-7-14-2/h3-6,12H,7-9H2,1-2H3. The van der Waals surface area contributed by atoms with E-state index < -0.39 is 0 Å². The van der Waals surface area contributed by atoms with Crippen LogP contribution in [0.1, 0.15) is 17.2 Å². The highest BCUT2D eigenvalue weighted by molar-refractivity contribution is 9.09. The van der Waals surface area contributed by atoms with E-state index in [-0.39, 0.29) is 6.10 Å². The molecule has 1 aromatic carbocycles. The van der Waals surface area contributed by atoms with Crippen molar-refractivity contribution in [1.29, 1.82) is 0 Å². The third kappa shape index (κ3) is 3.93. The van der Waals surface area contributed by atoms with Crippen LogP contribution in [0.15, 0.2) is 24.3 Å². The predicted octanol–water partition coefficient (Wildman–Crippen LogP) is 3.09. The van der Waals surface area contributed by atoms with Gasteiger partial charge in [0.1, 0.15) is 0 Å². The van der Waals surface area contributed by atoms with E-state index in [0.29, 0.717) is 13.2 Å². The second-order valence-electron chi connectivity index (χ2n) is 3.36. The monoisotopic (exact) mass is 272 g/mol. The molecule has 0 spiro atoms. The summed E-state index contributed by atoms with van der Waals surface area (Å²) in [6, 6.07) is 8.29. The molecule has 1 atom stereocenters. The first-order valence-corrected chi connectivity index (χ1v) is 6.13. The molecule has 0 amide bonds. The van der Waals surface area contributed by atoms with Gasteiger partial charge in [-0.25, -0.2) is 0 Å². The second-order valence-corrected chi connectivity index (χ2v) is 4.01. The van der Waals surface area contributed by atoms with Crippen LogP contribution in [0.3, 0.4) is 0 Å². The molecule has 0 bridgehead atoms. The Hall–Kier alpha value is -0.380. The van der Waals surface area contributed by atoms with E-state index in [2.05, 4.69) is 35.0 Å². The van der Waals surface area contributed by atoms with Crippen molar-refractivity contribution in [2.75, 3.05) is 25.7 Å². The van der Waals surface area contributed by atoms with E-state index in [4.69, 9.17) is 9.47 Å². The average Bonchev–Trinajstić information content (AvgIpc) is 2.26. The van der Waals surface area contributed by atoms with Crippen molar-refractivity contribution in [3.63, 3.8) is 0 Å². The minimum absolute atomic E-state index is 0.112. The highest BCUT2D eigenvalue weighted by Crippen LogP contribution is 2.22. The van der Waals surface area contributed by atoms with Crippen molar-refractivity contribution >= 4 is 15.9 Å². The van der Waals surface area contributed by atoms with Gasteiger partial charge in [0.15, 0.2) is 0 Å². The van der Waals surface area contributed by atoms with Gasteiger partial charge in [-0.3, -0.25) is 0 Å². The summed E-state index contributed by atoms with van der Waals surface area (Å²) in [7, 11) is 1.68. The van der Waals surface area contributed by atoms with Gasteiger partial charge in [-0.15, -0.1) is 0 Å². The van der Waals surface area contributed by atoms with Gasteiger partial charge in [-0.2, -0.15) is 0 Å². The molecule has 84 valence electrons. The zero-order valence-electron chi connectivity index (χ0n) is 9.20. The molecule has 2 nitrogen and oxygen atoms in total. The first-order chi connectivity index (χ1) is 7.29. The van der Waals surface area contributed by atoms with Crippen molar-refractivity contribution < 1.29 is 9.47 Å². The van der Waals surface area contributed by atoms with Gasteiger partial charge in [-0.1, -0.05) is 40.2 Å². The molecular formula is C12H17BrO2. The zero-order valence-corrected chi connectivity index (χ0v) is 10.8. The summed E-state index contributed by atoms with van der Waals surface area (Å²) in [6.45, 7) is 3.36. The molecule has 0 saturated carbocycles. The maximum Gasteiger partial charge on any atom is 0.0925 e. The molecule has 3 heteroatoms. The van der Waals surface area contributed by atoms with E-state index in [0.717, 1.165) is 5.33 Å². The van der Waals surface area contributed by atoms with Crippen LogP contribution >= 0.6 is 15.9 Å². The van der Waals surface area contributed by atoms with Crippen LogP contribution in [0.25, 0.3) is 0 Å². The van der Waals surface area contributed by atoms with Crippen LogP contribution < -0.4 is 0 Å². The van der Waals surface area contributed by atoms with Crippen LogP contribution in [0, 0.1) is 6.92 Å². The quantitative estimate of drug-likeness (QED) is 0.585. The van der Waals surface area contributed by atoms with Crippen LogP contribution in [0.4, 0.5) is 0 Å². The summed E-state index contributed by atoms with van der Waals surface area (Å²) in [5, 5.41) is 0.807. The summed E-state index contributed by atoms with van der Waals surface area (Å²) >= 11 is 3.47. The van der Waals surface area contributed by atoms with Crippen molar-refractivity contribution in [3.8, 4) is 0 Å². The SMILES string of the molecule is COCCOC(CBr)c1ccccc1C. The molecule has 15 heavy (non-hydrogen) atoms. The van der Waals surface area contributed by atoms with Gasteiger partial charge in [0.25, 0.3) is 0 Å². The number of hydrogen-bond acceptors (Lipinski definition) is 2. The third-order valence-corrected chi connectivity index (χ3v) is 2.87. The molecule has 0 fully saturated rings. The Labute approximate surface area is 99.7 Å². The highest BCUT2D eigenvalue weighted by atomic mass is 79.9. The maximum absolute atomic E-state index is 5.73. The molecular weight excluding hydrogens is 256 g/mol. The van der Waals surface area contributed by atoms with Gasteiger partial charge < -0.3 is 9.47 Å². The molecule has 0 heterocycles. The molecule has 0 aliphatic heterocycles. The number of halogens is 1. The molecule has 1 unspecified atom stereocenters.